The van der Waals surface area contributed by atoms with Crippen LogP contribution in [0.25, 0.3) is 10.2 Å². The Hall–Kier alpha value is -2.73. The van der Waals surface area contributed by atoms with Gasteiger partial charge in [0, 0.05) is 38.4 Å². The molecule has 0 N–H and O–H groups in total. The molecular formula is C22H21N3O2S. The molecule has 2 amide bonds. The smallest absolute Gasteiger partial charge is 0.282 e. The van der Waals surface area contributed by atoms with E-state index in [1.807, 2.05) is 52.3 Å². The molecule has 0 aliphatic carbocycles. The van der Waals surface area contributed by atoms with E-state index in [0.29, 0.717) is 30.6 Å². The lowest BCUT2D eigenvalue weighted by Crippen LogP contribution is -2.36. The van der Waals surface area contributed by atoms with Gasteiger partial charge in [0.05, 0.1) is 16.3 Å². The number of nitrogens with zero attached hydrogens (tertiary/aromatic N) is 3. The van der Waals surface area contributed by atoms with Crippen LogP contribution < -0.4 is 0 Å². The second-order valence-corrected chi connectivity index (χ2v) is 8.68. The first-order valence-electron chi connectivity index (χ1n) is 9.59. The minimum Gasteiger partial charge on any atom is -0.336 e. The van der Waals surface area contributed by atoms with E-state index in [4.69, 9.17) is 0 Å². The number of rotatable bonds is 2. The lowest BCUT2D eigenvalue weighted by Gasteiger charge is -2.29. The van der Waals surface area contributed by atoms with Crippen LogP contribution in [-0.2, 0) is 4.79 Å². The third-order valence-electron chi connectivity index (χ3n) is 5.97. The van der Waals surface area contributed by atoms with Gasteiger partial charge in [0.15, 0.2) is 5.01 Å². The van der Waals surface area contributed by atoms with Crippen LogP contribution in [-0.4, -0.2) is 46.2 Å². The third-order valence-corrected chi connectivity index (χ3v) is 7.00. The van der Waals surface area contributed by atoms with Crippen LogP contribution in [0.1, 0.15) is 28.3 Å². The van der Waals surface area contributed by atoms with E-state index >= 15 is 0 Å². The molecule has 5 rings (SSSR count). The Morgan fingerprint density at radius 3 is 2.50 bits per heavy atom. The average Bonchev–Trinajstić information content (AvgIpc) is 3.39. The standard InChI is InChI=1S/C22H21N3O2S/c1-14(26)25-12-16-11-24(13-17(16)20(25)15-7-3-2-4-8-15)22(27)21-23-18-9-5-6-10-19(18)28-21/h2-10,16-17,20H,11-13H2,1H3/t16-,17-,20-/m1/s1. The zero-order chi connectivity index (χ0) is 19.3. The number of benzene rings is 2. The molecule has 5 nitrogen and oxygen atoms in total. The molecule has 142 valence electrons. The summed E-state index contributed by atoms with van der Waals surface area (Å²) in [7, 11) is 0. The highest BCUT2D eigenvalue weighted by Crippen LogP contribution is 2.45. The van der Waals surface area contributed by atoms with Gasteiger partial charge >= 0.3 is 0 Å². The van der Waals surface area contributed by atoms with Crippen LogP contribution in [0, 0.1) is 11.8 Å². The van der Waals surface area contributed by atoms with Gasteiger partial charge < -0.3 is 9.80 Å². The second kappa shape index (κ2) is 6.71. The third kappa shape index (κ3) is 2.79. The predicted octanol–water partition coefficient (Wildman–Crippen LogP) is 3.59. The Balaban J connectivity index is 1.41. The monoisotopic (exact) mass is 391 g/mol. The summed E-state index contributed by atoms with van der Waals surface area (Å²) in [5.74, 6) is 0.696. The minimum absolute atomic E-state index is 0.0109. The summed E-state index contributed by atoms with van der Waals surface area (Å²) in [6.45, 7) is 3.71. The maximum Gasteiger partial charge on any atom is 0.282 e. The van der Waals surface area contributed by atoms with Crippen LogP contribution in [0.15, 0.2) is 54.6 Å². The largest absolute Gasteiger partial charge is 0.336 e. The first-order chi connectivity index (χ1) is 13.6. The van der Waals surface area contributed by atoms with Crippen LogP contribution in [0.4, 0.5) is 0 Å². The first-order valence-corrected chi connectivity index (χ1v) is 10.4. The molecule has 1 aromatic heterocycles. The number of fused-ring (bicyclic) bond motifs is 2. The fourth-order valence-electron chi connectivity index (χ4n) is 4.71. The number of carbonyl (C=O) groups excluding carboxylic acids is 2. The zero-order valence-electron chi connectivity index (χ0n) is 15.6. The van der Waals surface area contributed by atoms with Crippen molar-refractivity contribution in [3.05, 3.63) is 65.2 Å². The minimum atomic E-state index is 0.0109. The van der Waals surface area contributed by atoms with Crippen LogP contribution in [0.2, 0.25) is 0 Å². The highest BCUT2D eigenvalue weighted by molar-refractivity contribution is 7.20. The highest BCUT2D eigenvalue weighted by atomic mass is 32.1. The molecule has 28 heavy (non-hydrogen) atoms. The molecule has 3 atom stereocenters. The van der Waals surface area contributed by atoms with Crippen molar-refractivity contribution in [2.75, 3.05) is 19.6 Å². The van der Waals surface area contributed by atoms with Crippen molar-refractivity contribution in [2.24, 2.45) is 11.8 Å². The van der Waals surface area contributed by atoms with Crippen molar-refractivity contribution < 1.29 is 9.59 Å². The predicted molar refractivity (Wildman–Crippen MR) is 109 cm³/mol. The normalized spacial score (nSPS) is 24.0. The molecule has 0 saturated carbocycles. The van der Waals surface area contributed by atoms with E-state index in [2.05, 4.69) is 17.1 Å². The number of hydrogen-bond donors (Lipinski definition) is 0. The summed E-state index contributed by atoms with van der Waals surface area (Å²) >= 11 is 1.46. The Kier molecular flexibility index (Phi) is 4.16. The molecule has 0 spiro atoms. The lowest BCUT2D eigenvalue weighted by atomic mass is 9.89. The van der Waals surface area contributed by atoms with Gasteiger partial charge in [-0.05, 0) is 17.7 Å². The number of carbonyl (C=O) groups is 2. The van der Waals surface area contributed by atoms with Gasteiger partial charge in [-0.25, -0.2) is 4.98 Å². The fraction of sp³-hybridized carbons (Fsp3) is 0.318. The van der Waals surface area contributed by atoms with Gasteiger partial charge in [-0.15, -0.1) is 11.3 Å². The van der Waals surface area contributed by atoms with E-state index in [1.165, 1.54) is 11.3 Å². The van der Waals surface area contributed by atoms with Crippen molar-refractivity contribution >= 4 is 33.4 Å². The number of hydrogen-bond acceptors (Lipinski definition) is 4. The SMILES string of the molecule is CC(=O)N1C[C@H]2CN(C(=O)c3nc4ccccc4s3)C[C@H]2[C@H]1c1ccccc1. The zero-order valence-corrected chi connectivity index (χ0v) is 16.4. The molecule has 0 bridgehead atoms. The summed E-state index contributed by atoms with van der Waals surface area (Å²) in [6, 6.07) is 18.1. The Labute approximate surface area is 167 Å². The molecule has 0 unspecified atom stereocenters. The van der Waals surface area contributed by atoms with E-state index in [1.54, 1.807) is 6.92 Å². The summed E-state index contributed by atoms with van der Waals surface area (Å²) in [4.78, 5) is 33.8. The maximum atomic E-state index is 13.1. The van der Waals surface area contributed by atoms with Crippen LogP contribution >= 0.6 is 11.3 Å². The molecule has 2 fully saturated rings. The van der Waals surface area contributed by atoms with Gasteiger partial charge in [0.25, 0.3) is 5.91 Å². The summed E-state index contributed by atoms with van der Waals surface area (Å²) in [5, 5.41) is 0.556. The molecule has 2 aliphatic rings. The van der Waals surface area contributed by atoms with E-state index in [0.717, 1.165) is 15.8 Å². The van der Waals surface area contributed by atoms with Gasteiger partial charge in [-0.1, -0.05) is 42.5 Å². The molecule has 2 saturated heterocycles. The Morgan fingerprint density at radius 1 is 1.00 bits per heavy atom. The Bertz CT molecular complexity index is 1020. The maximum absolute atomic E-state index is 13.1. The molecule has 0 radical (unpaired) electrons. The second-order valence-electron chi connectivity index (χ2n) is 7.65. The van der Waals surface area contributed by atoms with Crippen LogP contribution in [0.3, 0.4) is 0 Å². The number of para-hydroxylation sites is 1. The van der Waals surface area contributed by atoms with Crippen molar-refractivity contribution in [3.63, 3.8) is 0 Å². The molecule has 3 aromatic rings. The van der Waals surface area contributed by atoms with Crippen molar-refractivity contribution in [1.82, 2.24) is 14.8 Å². The van der Waals surface area contributed by atoms with Gasteiger partial charge in [-0.3, -0.25) is 9.59 Å². The molecular weight excluding hydrogens is 370 g/mol. The van der Waals surface area contributed by atoms with Gasteiger partial charge in [-0.2, -0.15) is 0 Å². The molecule has 2 aliphatic heterocycles. The number of thiazole rings is 1. The fourth-order valence-corrected chi connectivity index (χ4v) is 5.64. The van der Waals surface area contributed by atoms with Crippen LogP contribution in [0.5, 0.6) is 0 Å². The van der Waals surface area contributed by atoms with E-state index in [-0.39, 0.29) is 23.8 Å². The topological polar surface area (TPSA) is 53.5 Å². The molecule has 3 heterocycles. The molecule has 6 heteroatoms. The summed E-state index contributed by atoms with van der Waals surface area (Å²) in [5.41, 5.74) is 2.03. The lowest BCUT2D eigenvalue weighted by molar-refractivity contribution is -0.130. The summed E-state index contributed by atoms with van der Waals surface area (Å²) < 4.78 is 1.04. The average molecular weight is 391 g/mol. The Morgan fingerprint density at radius 2 is 1.75 bits per heavy atom. The van der Waals surface area contributed by atoms with Crippen molar-refractivity contribution in [2.45, 2.75) is 13.0 Å². The first kappa shape index (κ1) is 17.4. The van der Waals surface area contributed by atoms with E-state index in [9.17, 15) is 9.59 Å². The van der Waals surface area contributed by atoms with Gasteiger partial charge in [0.1, 0.15) is 0 Å². The van der Waals surface area contributed by atoms with Gasteiger partial charge in [0.2, 0.25) is 5.91 Å². The van der Waals surface area contributed by atoms with Crippen molar-refractivity contribution in [3.8, 4) is 0 Å². The van der Waals surface area contributed by atoms with Crippen molar-refractivity contribution in [1.29, 1.82) is 0 Å². The highest BCUT2D eigenvalue weighted by Gasteiger charge is 2.49. The van der Waals surface area contributed by atoms with E-state index < -0.39 is 0 Å². The number of amides is 2. The number of aromatic nitrogens is 1. The molecule has 2 aromatic carbocycles. The quantitative estimate of drug-likeness (QED) is 0.671. The number of likely N-dealkylation sites (tertiary alicyclic amines) is 2. The summed E-state index contributed by atoms with van der Waals surface area (Å²) in [6.07, 6.45) is 0.